The molecule has 2 aromatic carbocycles. The van der Waals surface area contributed by atoms with E-state index in [1.54, 1.807) is 39.7 Å². The Kier molecular flexibility index (Phi) is 4.72. The second kappa shape index (κ2) is 7.48. The zero-order valence-corrected chi connectivity index (χ0v) is 15.7. The summed E-state index contributed by atoms with van der Waals surface area (Å²) in [6.07, 6.45) is 1.75. The van der Waals surface area contributed by atoms with Gasteiger partial charge in [-0.3, -0.25) is 4.98 Å². The van der Waals surface area contributed by atoms with Crippen LogP contribution in [0.1, 0.15) is 0 Å². The minimum atomic E-state index is 0.354. The molecule has 4 rings (SSSR count). The molecule has 0 spiro atoms. The highest BCUT2D eigenvalue weighted by Crippen LogP contribution is 2.41. The summed E-state index contributed by atoms with van der Waals surface area (Å²) in [5, 5.41) is 3.16. The van der Waals surface area contributed by atoms with Crippen LogP contribution in [0.25, 0.3) is 22.4 Å². The van der Waals surface area contributed by atoms with Gasteiger partial charge < -0.3 is 23.9 Å². The van der Waals surface area contributed by atoms with Crippen molar-refractivity contribution >= 4 is 22.8 Å². The molecule has 7 nitrogen and oxygen atoms in total. The molecule has 0 aliphatic carbocycles. The largest absolute Gasteiger partial charge is 0.493 e. The molecule has 0 atom stereocenters. The van der Waals surface area contributed by atoms with Crippen LogP contribution in [-0.4, -0.2) is 31.3 Å². The number of benzene rings is 2. The van der Waals surface area contributed by atoms with Crippen molar-refractivity contribution in [2.24, 2.45) is 0 Å². The maximum Gasteiger partial charge on any atom is 0.300 e. The lowest BCUT2D eigenvalue weighted by atomic mass is 10.1. The van der Waals surface area contributed by atoms with E-state index in [2.05, 4.69) is 15.3 Å². The van der Waals surface area contributed by atoms with E-state index in [0.29, 0.717) is 34.5 Å². The van der Waals surface area contributed by atoms with Gasteiger partial charge in [0.15, 0.2) is 17.1 Å². The van der Waals surface area contributed by atoms with Crippen molar-refractivity contribution < 1.29 is 18.6 Å². The zero-order chi connectivity index (χ0) is 19.5. The molecule has 0 amide bonds. The fraction of sp³-hybridized carbons (Fsp3) is 0.143. The number of hydrogen-bond donors (Lipinski definition) is 1. The fourth-order valence-electron chi connectivity index (χ4n) is 3.00. The Bertz CT molecular complexity index is 1080. The Morgan fingerprint density at radius 3 is 2.32 bits per heavy atom. The number of rotatable bonds is 6. The van der Waals surface area contributed by atoms with Crippen molar-refractivity contribution in [1.82, 2.24) is 9.97 Å². The Morgan fingerprint density at radius 2 is 1.68 bits per heavy atom. The van der Waals surface area contributed by atoms with Gasteiger partial charge in [0.1, 0.15) is 5.52 Å². The van der Waals surface area contributed by atoms with E-state index in [9.17, 15) is 0 Å². The summed E-state index contributed by atoms with van der Waals surface area (Å²) in [5.74, 6) is 1.59. The average molecular weight is 377 g/mol. The minimum Gasteiger partial charge on any atom is -0.493 e. The van der Waals surface area contributed by atoms with Crippen molar-refractivity contribution in [3.8, 4) is 28.5 Å². The predicted octanol–water partition coefficient (Wildman–Crippen LogP) is 4.66. The minimum absolute atomic E-state index is 0.354. The van der Waals surface area contributed by atoms with Gasteiger partial charge in [0.2, 0.25) is 5.75 Å². The van der Waals surface area contributed by atoms with Crippen LogP contribution in [0.15, 0.2) is 59.1 Å². The number of fused-ring (bicyclic) bond motifs is 1. The molecule has 2 aromatic heterocycles. The van der Waals surface area contributed by atoms with Gasteiger partial charge in [-0.05, 0) is 24.3 Å². The Morgan fingerprint density at radius 1 is 0.893 bits per heavy atom. The number of nitrogens with one attached hydrogen (secondary N) is 1. The Balaban J connectivity index is 1.73. The summed E-state index contributed by atoms with van der Waals surface area (Å²) in [6.45, 7) is 0. The van der Waals surface area contributed by atoms with Crippen LogP contribution >= 0.6 is 0 Å². The van der Waals surface area contributed by atoms with Crippen molar-refractivity contribution in [3.63, 3.8) is 0 Å². The molecule has 0 aliphatic rings. The number of methoxy groups -OCH3 is 3. The first-order valence-electron chi connectivity index (χ1n) is 8.61. The lowest BCUT2D eigenvalue weighted by Gasteiger charge is -2.14. The van der Waals surface area contributed by atoms with Gasteiger partial charge in [-0.2, -0.15) is 4.98 Å². The summed E-state index contributed by atoms with van der Waals surface area (Å²) in [4.78, 5) is 8.93. The predicted molar refractivity (Wildman–Crippen MR) is 107 cm³/mol. The van der Waals surface area contributed by atoms with Crippen molar-refractivity contribution in [3.05, 3.63) is 54.7 Å². The highest BCUT2D eigenvalue weighted by molar-refractivity contribution is 5.90. The Labute approximate surface area is 161 Å². The summed E-state index contributed by atoms with van der Waals surface area (Å²) < 4.78 is 22.1. The number of aromatic nitrogens is 2. The van der Waals surface area contributed by atoms with Crippen LogP contribution < -0.4 is 19.5 Å². The number of anilines is 2. The molecular weight excluding hydrogens is 358 g/mol. The van der Waals surface area contributed by atoms with E-state index in [1.165, 1.54) is 0 Å². The zero-order valence-electron chi connectivity index (χ0n) is 15.7. The number of nitrogens with zero attached hydrogens (tertiary/aromatic N) is 2. The SMILES string of the molecule is COc1cc(Nc2nc3cccc(-c4ccccn4)c3o2)cc(OC)c1OC. The van der Waals surface area contributed by atoms with E-state index < -0.39 is 0 Å². The smallest absolute Gasteiger partial charge is 0.300 e. The molecule has 28 heavy (non-hydrogen) atoms. The van der Waals surface area contributed by atoms with Gasteiger partial charge in [0.25, 0.3) is 6.01 Å². The maximum absolute atomic E-state index is 5.99. The van der Waals surface area contributed by atoms with Gasteiger partial charge in [-0.1, -0.05) is 12.1 Å². The van der Waals surface area contributed by atoms with Crippen molar-refractivity contribution in [2.75, 3.05) is 26.6 Å². The van der Waals surface area contributed by atoms with Crippen LogP contribution in [0, 0.1) is 0 Å². The van der Waals surface area contributed by atoms with Crippen LogP contribution in [0.3, 0.4) is 0 Å². The van der Waals surface area contributed by atoms with Gasteiger partial charge in [-0.15, -0.1) is 0 Å². The average Bonchev–Trinajstić information content (AvgIpc) is 3.15. The Hall–Kier alpha value is -3.74. The topological polar surface area (TPSA) is 78.6 Å². The number of oxazole rings is 1. The number of para-hydroxylation sites is 1. The molecule has 2 heterocycles. The van der Waals surface area contributed by atoms with Gasteiger partial charge in [0.05, 0.1) is 27.0 Å². The third-order valence-electron chi connectivity index (χ3n) is 4.27. The van der Waals surface area contributed by atoms with E-state index in [1.807, 2.05) is 36.4 Å². The molecule has 0 saturated heterocycles. The molecule has 0 aliphatic heterocycles. The number of pyridine rings is 1. The summed E-state index contributed by atoms with van der Waals surface area (Å²) in [6, 6.07) is 15.5. The molecule has 1 N–H and O–H groups in total. The highest BCUT2D eigenvalue weighted by Gasteiger charge is 2.16. The third kappa shape index (κ3) is 3.18. The van der Waals surface area contributed by atoms with E-state index in [0.717, 1.165) is 16.8 Å². The van der Waals surface area contributed by atoms with Crippen molar-refractivity contribution in [1.29, 1.82) is 0 Å². The first kappa shape index (κ1) is 17.7. The quantitative estimate of drug-likeness (QED) is 0.523. The van der Waals surface area contributed by atoms with Crippen LogP contribution in [0.5, 0.6) is 17.2 Å². The molecule has 0 saturated carbocycles. The van der Waals surface area contributed by atoms with E-state index in [4.69, 9.17) is 18.6 Å². The second-order valence-corrected chi connectivity index (χ2v) is 5.93. The summed E-state index contributed by atoms with van der Waals surface area (Å²) in [5.41, 5.74) is 3.79. The second-order valence-electron chi connectivity index (χ2n) is 5.93. The van der Waals surface area contributed by atoms with E-state index >= 15 is 0 Å². The highest BCUT2D eigenvalue weighted by atomic mass is 16.5. The lowest BCUT2D eigenvalue weighted by molar-refractivity contribution is 0.324. The van der Waals surface area contributed by atoms with Crippen LogP contribution in [0.2, 0.25) is 0 Å². The molecule has 0 bridgehead atoms. The summed E-state index contributed by atoms with van der Waals surface area (Å²) in [7, 11) is 4.70. The fourth-order valence-corrected chi connectivity index (χ4v) is 3.00. The van der Waals surface area contributed by atoms with Crippen LogP contribution in [0.4, 0.5) is 11.7 Å². The normalized spacial score (nSPS) is 10.7. The van der Waals surface area contributed by atoms with Crippen molar-refractivity contribution in [2.45, 2.75) is 0 Å². The molecule has 7 heteroatoms. The van der Waals surface area contributed by atoms with Gasteiger partial charge >= 0.3 is 0 Å². The molecule has 0 fully saturated rings. The van der Waals surface area contributed by atoms with Gasteiger partial charge in [0, 0.05) is 29.6 Å². The monoisotopic (exact) mass is 377 g/mol. The number of hydrogen-bond acceptors (Lipinski definition) is 7. The van der Waals surface area contributed by atoms with Gasteiger partial charge in [-0.25, -0.2) is 0 Å². The van der Waals surface area contributed by atoms with Crippen LogP contribution in [-0.2, 0) is 0 Å². The molecule has 4 aromatic rings. The molecule has 142 valence electrons. The third-order valence-corrected chi connectivity index (χ3v) is 4.27. The first-order valence-corrected chi connectivity index (χ1v) is 8.61. The molecular formula is C21H19N3O4. The molecule has 0 radical (unpaired) electrons. The maximum atomic E-state index is 5.99. The first-order chi connectivity index (χ1) is 13.7. The lowest BCUT2D eigenvalue weighted by Crippen LogP contribution is -1.97. The molecule has 0 unspecified atom stereocenters. The number of ether oxygens (including phenoxy) is 3. The summed E-state index contributed by atoms with van der Waals surface area (Å²) >= 11 is 0. The van der Waals surface area contributed by atoms with E-state index in [-0.39, 0.29) is 0 Å². The standard InChI is InChI=1S/C21H19N3O4/c1-25-17-11-13(12-18(26-2)20(17)27-3)23-21-24-16-9-6-7-14(19(16)28-21)15-8-4-5-10-22-15/h4-12H,1-3H3,(H,23,24).